The third-order valence-electron chi connectivity index (χ3n) is 4.72. The molecule has 0 spiro atoms. The fraction of sp³-hybridized carbons (Fsp3) is 0.389. The Bertz CT molecular complexity index is 845. The molecule has 6 heteroatoms. The Hall–Kier alpha value is -2.01. The van der Waals surface area contributed by atoms with E-state index in [1.165, 1.54) is 12.3 Å². The first-order valence-corrected chi connectivity index (χ1v) is 8.35. The van der Waals surface area contributed by atoms with Crippen LogP contribution in [0.3, 0.4) is 0 Å². The predicted molar refractivity (Wildman–Crippen MR) is 96.4 cm³/mol. The van der Waals surface area contributed by atoms with Crippen LogP contribution in [0.2, 0.25) is 5.02 Å². The highest BCUT2D eigenvalue weighted by atomic mass is 35.5. The molecule has 0 saturated heterocycles. The second kappa shape index (κ2) is 5.81. The van der Waals surface area contributed by atoms with Gasteiger partial charge in [-0.05, 0) is 30.0 Å². The topological polar surface area (TPSA) is 64.2 Å². The second-order valence-electron chi connectivity index (χ2n) is 6.71. The molecule has 2 heterocycles. The summed E-state index contributed by atoms with van der Waals surface area (Å²) in [5.41, 5.74) is 8.59. The number of rotatable bonds is 3. The van der Waals surface area contributed by atoms with E-state index < -0.39 is 0 Å². The molecule has 1 aromatic heterocycles. The number of aromatic nitrogens is 2. The lowest BCUT2D eigenvalue weighted by Crippen LogP contribution is -2.30. The molecule has 24 heavy (non-hydrogen) atoms. The maximum absolute atomic E-state index is 14.7. The van der Waals surface area contributed by atoms with E-state index >= 15 is 0 Å². The second-order valence-corrected chi connectivity index (χ2v) is 7.12. The number of hydrogen-bond donors (Lipinski definition) is 1. The fourth-order valence-electron chi connectivity index (χ4n) is 3.23. The van der Waals surface area contributed by atoms with Crippen LogP contribution in [0.4, 0.5) is 16.0 Å². The summed E-state index contributed by atoms with van der Waals surface area (Å²) in [5, 5.41) is 0.336. The first-order chi connectivity index (χ1) is 11.3. The van der Waals surface area contributed by atoms with E-state index in [0.29, 0.717) is 22.0 Å². The summed E-state index contributed by atoms with van der Waals surface area (Å²) < 4.78 is 14.7. The average Bonchev–Trinajstić information content (AvgIpc) is 2.81. The van der Waals surface area contributed by atoms with E-state index in [0.717, 1.165) is 17.7 Å². The van der Waals surface area contributed by atoms with Crippen LogP contribution in [0.5, 0.6) is 0 Å². The van der Waals surface area contributed by atoms with Gasteiger partial charge in [0, 0.05) is 16.7 Å². The van der Waals surface area contributed by atoms with Crippen LogP contribution < -0.4 is 5.73 Å². The van der Waals surface area contributed by atoms with Crippen molar-refractivity contribution in [1.82, 2.24) is 9.97 Å². The minimum absolute atomic E-state index is 0.103. The number of benzene rings is 1. The van der Waals surface area contributed by atoms with E-state index in [-0.39, 0.29) is 23.1 Å². The number of aliphatic imine (C=N–C) groups is 1. The van der Waals surface area contributed by atoms with Crippen molar-refractivity contribution in [1.29, 1.82) is 0 Å². The monoisotopic (exact) mass is 346 g/mol. The summed E-state index contributed by atoms with van der Waals surface area (Å²) in [7, 11) is 0. The Morgan fingerprint density at radius 2 is 2.04 bits per heavy atom. The van der Waals surface area contributed by atoms with Crippen molar-refractivity contribution in [2.75, 3.05) is 5.73 Å². The average molecular weight is 347 g/mol. The minimum atomic E-state index is -0.373. The molecule has 126 valence electrons. The minimum Gasteiger partial charge on any atom is -0.368 e. The Kier molecular flexibility index (Phi) is 4.08. The van der Waals surface area contributed by atoms with Crippen LogP contribution in [-0.4, -0.2) is 15.7 Å². The Labute approximate surface area is 146 Å². The smallest absolute Gasteiger partial charge is 0.220 e. The maximum Gasteiger partial charge on any atom is 0.220 e. The highest BCUT2D eigenvalue weighted by Gasteiger charge is 2.38. The van der Waals surface area contributed by atoms with Crippen LogP contribution in [0.25, 0.3) is 11.3 Å². The van der Waals surface area contributed by atoms with Crippen LogP contribution in [0.15, 0.2) is 23.3 Å². The molecule has 0 radical (unpaired) electrons. The van der Waals surface area contributed by atoms with Gasteiger partial charge in [-0.25, -0.2) is 14.4 Å². The van der Waals surface area contributed by atoms with Gasteiger partial charge in [-0.2, -0.15) is 0 Å². The molecular formula is C18H20ClFN4. The lowest BCUT2D eigenvalue weighted by Gasteiger charge is -2.26. The number of halogens is 2. The largest absolute Gasteiger partial charge is 0.368 e. The molecule has 0 fully saturated rings. The molecule has 0 saturated carbocycles. The van der Waals surface area contributed by atoms with E-state index in [9.17, 15) is 4.39 Å². The molecule has 0 bridgehead atoms. The molecule has 1 aliphatic rings. The van der Waals surface area contributed by atoms with Crippen LogP contribution >= 0.6 is 11.6 Å². The maximum atomic E-state index is 14.7. The van der Waals surface area contributed by atoms with Crippen molar-refractivity contribution in [3.8, 4) is 11.3 Å². The van der Waals surface area contributed by atoms with Crippen LogP contribution in [0.1, 0.15) is 39.7 Å². The Balaban J connectivity index is 2.17. The highest BCUT2D eigenvalue weighted by Crippen LogP contribution is 2.46. The van der Waals surface area contributed by atoms with E-state index in [4.69, 9.17) is 17.3 Å². The van der Waals surface area contributed by atoms with Gasteiger partial charge in [0.1, 0.15) is 11.5 Å². The first-order valence-electron chi connectivity index (χ1n) is 7.97. The summed E-state index contributed by atoms with van der Waals surface area (Å²) in [4.78, 5) is 12.6. The third kappa shape index (κ3) is 2.57. The standard InChI is InChI=1S/C18H20ClFN4/c1-5-9(2)16-18(3,4)11-6-10(7-13(20)15(11)23-16)14-12(19)8-22-17(21)24-14/h6-9H,5H2,1-4H3,(H2,21,22,24)/t9-/m0/s1. The first kappa shape index (κ1) is 16.8. The van der Waals surface area contributed by atoms with Gasteiger partial charge in [-0.3, -0.25) is 4.99 Å². The summed E-state index contributed by atoms with van der Waals surface area (Å²) in [6.45, 7) is 8.37. The van der Waals surface area contributed by atoms with Gasteiger partial charge in [0.2, 0.25) is 5.95 Å². The van der Waals surface area contributed by atoms with Gasteiger partial charge < -0.3 is 5.73 Å². The number of nitrogen functional groups attached to an aromatic ring is 1. The molecule has 1 atom stereocenters. The normalized spacial score (nSPS) is 16.7. The lowest BCUT2D eigenvalue weighted by molar-refractivity contribution is 0.622. The van der Waals surface area contributed by atoms with Gasteiger partial charge in [0.25, 0.3) is 0 Å². The van der Waals surface area contributed by atoms with Crippen molar-refractivity contribution in [3.05, 3.63) is 34.7 Å². The van der Waals surface area contributed by atoms with Crippen molar-refractivity contribution < 1.29 is 4.39 Å². The Morgan fingerprint density at radius 1 is 1.33 bits per heavy atom. The number of hydrogen-bond acceptors (Lipinski definition) is 4. The predicted octanol–water partition coefficient (Wildman–Crippen LogP) is 4.93. The van der Waals surface area contributed by atoms with Crippen molar-refractivity contribution >= 4 is 28.9 Å². The SMILES string of the molecule is CC[C@H](C)C1=Nc2c(F)cc(-c3nc(N)ncc3Cl)cc2C1(C)C. The molecule has 2 aromatic rings. The van der Waals surface area contributed by atoms with Gasteiger partial charge in [0.15, 0.2) is 0 Å². The van der Waals surface area contributed by atoms with E-state index in [1.54, 1.807) is 0 Å². The third-order valence-corrected chi connectivity index (χ3v) is 5.00. The zero-order valence-electron chi connectivity index (χ0n) is 14.2. The van der Waals surface area contributed by atoms with Gasteiger partial charge in [-0.15, -0.1) is 0 Å². The summed E-state index contributed by atoms with van der Waals surface area (Å²) >= 11 is 6.18. The van der Waals surface area contributed by atoms with Crippen molar-refractivity contribution in [2.45, 2.75) is 39.5 Å². The molecule has 0 aliphatic carbocycles. The molecule has 0 unspecified atom stereocenters. The van der Waals surface area contributed by atoms with E-state index in [2.05, 4.69) is 42.7 Å². The summed E-state index contributed by atoms with van der Waals surface area (Å²) in [5.74, 6) is 0.0155. The molecular weight excluding hydrogens is 327 g/mol. The van der Waals surface area contributed by atoms with Crippen molar-refractivity contribution in [2.24, 2.45) is 10.9 Å². The van der Waals surface area contributed by atoms with Crippen LogP contribution in [-0.2, 0) is 5.41 Å². The van der Waals surface area contributed by atoms with Gasteiger partial charge in [0.05, 0.1) is 16.9 Å². The Morgan fingerprint density at radius 3 is 2.71 bits per heavy atom. The zero-order valence-corrected chi connectivity index (χ0v) is 14.9. The molecule has 0 amide bonds. The number of nitrogens with zero attached hydrogens (tertiary/aromatic N) is 3. The van der Waals surface area contributed by atoms with Gasteiger partial charge >= 0.3 is 0 Å². The van der Waals surface area contributed by atoms with Crippen molar-refractivity contribution in [3.63, 3.8) is 0 Å². The highest BCUT2D eigenvalue weighted by molar-refractivity contribution is 6.32. The molecule has 1 aromatic carbocycles. The number of fused-ring (bicyclic) bond motifs is 1. The zero-order chi connectivity index (χ0) is 17.6. The lowest BCUT2D eigenvalue weighted by atomic mass is 9.76. The molecule has 3 rings (SSSR count). The number of anilines is 1. The quantitative estimate of drug-likeness (QED) is 0.857. The number of nitrogens with two attached hydrogens (primary N) is 1. The van der Waals surface area contributed by atoms with Crippen LogP contribution in [0, 0.1) is 11.7 Å². The molecule has 4 nitrogen and oxygen atoms in total. The fourth-order valence-corrected chi connectivity index (χ4v) is 3.43. The summed E-state index contributed by atoms with van der Waals surface area (Å²) in [6.07, 6.45) is 2.38. The van der Waals surface area contributed by atoms with Gasteiger partial charge in [-0.1, -0.05) is 39.3 Å². The summed E-state index contributed by atoms with van der Waals surface area (Å²) in [6, 6.07) is 3.32. The molecule has 1 aliphatic heterocycles. The van der Waals surface area contributed by atoms with E-state index in [1.807, 2.05) is 6.07 Å². The molecule has 2 N–H and O–H groups in total.